The zero-order valence-electron chi connectivity index (χ0n) is 18.1. The third-order valence-corrected chi connectivity index (χ3v) is 5.95. The molecule has 0 radical (unpaired) electrons. The second kappa shape index (κ2) is 7.83. The second-order valence-corrected chi connectivity index (χ2v) is 8.84. The van der Waals surface area contributed by atoms with Gasteiger partial charge in [0.05, 0.1) is 40.5 Å². The summed E-state index contributed by atoms with van der Waals surface area (Å²) in [6, 6.07) is -0.0301. The van der Waals surface area contributed by atoms with Crippen LogP contribution in [0.3, 0.4) is 0 Å². The van der Waals surface area contributed by atoms with Gasteiger partial charge >= 0.3 is 6.09 Å². The number of hydrogen-bond donors (Lipinski definition) is 5. The fraction of sp³-hybridized carbons (Fsp3) is 0.286. The minimum Gasteiger partial charge on any atom is -0.465 e. The number of carboxylic acid groups (broad SMARTS) is 1. The fourth-order valence-corrected chi connectivity index (χ4v) is 4.14. The summed E-state index contributed by atoms with van der Waals surface area (Å²) >= 11 is 6.44. The van der Waals surface area contributed by atoms with Crippen LogP contribution in [-0.4, -0.2) is 53.3 Å². The van der Waals surface area contributed by atoms with Gasteiger partial charge in [-0.1, -0.05) is 11.6 Å². The van der Waals surface area contributed by atoms with Crippen LogP contribution in [0.5, 0.6) is 0 Å². The standard InChI is InChI=1S/C21H20ClFN8O3/c1-9(2)26-18-16(23)15(22)14(10-5-25-30-17(10)18)11-7-31-8-12(27-13(31)6-24-11)28-19(32)21(3-4-21)29-20(33)34/h5-9,26,29H,3-4H2,1-2H3,(H,25,30)(H,28,32)(H,33,34). The van der Waals surface area contributed by atoms with E-state index in [1.807, 2.05) is 13.8 Å². The molecule has 5 rings (SSSR count). The minimum atomic E-state index is -1.26. The van der Waals surface area contributed by atoms with E-state index >= 15 is 4.39 Å². The molecular formula is C21H20ClFN8O3. The zero-order valence-corrected chi connectivity index (χ0v) is 18.9. The maximum atomic E-state index is 15.2. The Morgan fingerprint density at radius 2 is 2.06 bits per heavy atom. The summed E-state index contributed by atoms with van der Waals surface area (Å²) in [5, 5.41) is 24.2. The third-order valence-electron chi connectivity index (χ3n) is 5.59. The molecule has 4 aromatic rings. The van der Waals surface area contributed by atoms with Crippen molar-refractivity contribution in [3.05, 3.63) is 35.6 Å². The van der Waals surface area contributed by atoms with Crippen LogP contribution in [0.25, 0.3) is 27.8 Å². The molecule has 1 saturated carbocycles. The molecule has 176 valence electrons. The normalized spacial score (nSPS) is 14.5. The van der Waals surface area contributed by atoms with Gasteiger partial charge in [0.1, 0.15) is 5.54 Å². The monoisotopic (exact) mass is 486 g/mol. The lowest BCUT2D eigenvalue weighted by molar-refractivity contribution is -0.119. The number of carbonyl (C=O) groups excluding carboxylic acids is 1. The van der Waals surface area contributed by atoms with E-state index in [1.54, 1.807) is 23.0 Å². The van der Waals surface area contributed by atoms with Crippen molar-refractivity contribution in [2.24, 2.45) is 0 Å². The van der Waals surface area contributed by atoms with Crippen molar-refractivity contribution in [3.8, 4) is 11.3 Å². The first-order valence-corrected chi connectivity index (χ1v) is 10.8. The summed E-state index contributed by atoms with van der Waals surface area (Å²) in [7, 11) is 0. The second-order valence-electron chi connectivity index (χ2n) is 8.47. The molecule has 34 heavy (non-hydrogen) atoms. The Kier molecular flexibility index (Phi) is 5.04. The van der Waals surface area contributed by atoms with Gasteiger partial charge in [-0.05, 0) is 26.7 Å². The highest BCUT2D eigenvalue weighted by molar-refractivity contribution is 6.35. The fourth-order valence-electron chi connectivity index (χ4n) is 3.85. The summed E-state index contributed by atoms with van der Waals surface area (Å²) in [4.78, 5) is 32.2. The molecular weight excluding hydrogens is 467 g/mol. The van der Waals surface area contributed by atoms with Crippen molar-refractivity contribution in [1.82, 2.24) is 29.9 Å². The lowest BCUT2D eigenvalue weighted by Gasteiger charge is -2.15. The van der Waals surface area contributed by atoms with Gasteiger partial charge in [-0.2, -0.15) is 5.10 Å². The van der Waals surface area contributed by atoms with Gasteiger partial charge in [-0.25, -0.2) is 14.2 Å². The first-order chi connectivity index (χ1) is 16.2. The molecule has 0 aliphatic heterocycles. The number of aromatic amines is 1. The molecule has 5 N–H and O–H groups in total. The number of hydrogen-bond acceptors (Lipinski definition) is 6. The van der Waals surface area contributed by atoms with Gasteiger partial charge in [0.2, 0.25) is 0 Å². The van der Waals surface area contributed by atoms with E-state index in [2.05, 4.69) is 36.1 Å². The largest absolute Gasteiger partial charge is 0.465 e. The van der Waals surface area contributed by atoms with E-state index in [-0.39, 0.29) is 22.6 Å². The van der Waals surface area contributed by atoms with Gasteiger partial charge in [-0.3, -0.25) is 14.9 Å². The molecule has 0 atom stereocenters. The predicted molar refractivity (Wildman–Crippen MR) is 124 cm³/mol. The molecule has 0 unspecified atom stereocenters. The van der Waals surface area contributed by atoms with Crippen molar-refractivity contribution >= 4 is 51.7 Å². The summed E-state index contributed by atoms with van der Waals surface area (Å²) in [5.74, 6) is -0.877. The number of nitrogens with one attached hydrogen (secondary N) is 4. The van der Waals surface area contributed by atoms with E-state index in [0.29, 0.717) is 40.6 Å². The highest BCUT2D eigenvalue weighted by Crippen LogP contribution is 2.41. The highest BCUT2D eigenvalue weighted by atomic mass is 35.5. The van der Waals surface area contributed by atoms with Gasteiger partial charge in [0.15, 0.2) is 17.3 Å². The number of rotatable bonds is 6. The number of carbonyl (C=O) groups is 2. The van der Waals surface area contributed by atoms with Crippen LogP contribution in [0, 0.1) is 5.82 Å². The molecule has 0 saturated heterocycles. The molecule has 13 heteroatoms. The Balaban J connectivity index is 1.51. The molecule has 1 aliphatic rings. The van der Waals surface area contributed by atoms with Crippen molar-refractivity contribution < 1.29 is 19.1 Å². The van der Waals surface area contributed by atoms with Crippen molar-refractivity contribution in [2.45, 2.75) is 38.3 Å². The summed E-state index contributed by atoms with van der Waals surface area (Å²) in [6.07, 6.45) is 5.75. The summed E-state index contributed by atoms with van der Waals surface area (Å²) < 4.78 is 16.8. The molecule has 0 spiro atoms. The summed E-state index contributed by atoms with van der Waals surface area (Å²) in [5.41, 5.74) is 0.727. The molecule has 3 heterocycles. The van der Waals surface area contributed by atoms with Gasteiger partial charge in [0.25, 0.3) is 5.91 Å². The maximum Gasteiger partial charge on any atom is 0.405 e. The Labute approximate surface area is 196 Å². The van der Waals surface area contributed by atoms with Crippen LogP contribution in [0.15, 0.2) is 24.8 Å². The lowest BCUT2D eigenvalue weighted by Crippen LogP contribution is -2.45. The molecule has 1 fully saturated rings. The van der Waals surface area contributed by atoms with Crippen LogP contribution in [0.2, 0.25) is 5.02 Å². The number of nitrogens with zero attached hydrogens (tertiary/aromatic N) is 4. The van der Waals surface area contributed by atoms with Crippen LogP contribution in [0.1, 0.15) is 26.7 Å². The topological polar surface area (TPSA) is 149 Å². The predicted octanol–water partition coefficient (Wildman–Crippen LogP) is 3.62. The number of fused-ring (bicyclic) bond motifs is 2. The molecule has 1 aromatic carbocycles. The van der Waals surface area contributed by atoms with Crippen LogP contribution in [-0.2, 0) is 4.79 Å². The van der Waals surface area contributed by atoms with E-state index < -0.39 is 23.4 Å². The highest BCUT2D eigenvalue weighted by Gasteiger charge is 2.51. The summed E-state index contributed by atoms with van der Waals surface area (Å²) in [6.45, 7) is 3.77. The van der Waals surface area contributed by atoms with Crippen molar-refractivity contribution in [3.63, 3.8) is 0 Å². The van der Waals surface area contributed by atoms with E-state index in [0.717, 1.165) is 0 Å². The molecule has 1 aliphatic carbocycles. The van der Waals surface area contributed by atoms with Gasteiger partial charge in [0, 0.05) is 23.2 Å². The van der Waals surface area contributed by atoms with E-state index in [1.165, 1.54) is 6.20 Å². The van der Waals surface area contributed by atoms with E-state index in [9.17, 15) is 9.59 Å². The number of imidazole rings is 1. The molecule has 0 bridgehead atoms. The molecule has 11 nitrogen and oxygen atoms in total. The number of H-pyrrole nitrogens is 1. The molecule has 3 aromatic heterocycles. The van der Waals surface area contributed by atoms with Gasteiger partial charge < -0.3 is 25.5 Å². The first-order valence-electron chi connectivity index (χ1n) is 10.5. The minimum absolute atomic E-state index is 0.0301. The average Bonchev–Trinajstić information content (AvgIpc) is 3.20. The Bertz CT molecular complexity index is 1460. The SMILES string of the molecule is CC(C)Nc1c(F)c(Cl)c(-c2cn3cc(NC(=O)C4(NC(=O)O)CC4)nc3cn2)c2cn[nH]c12. The average molecular weight is 487 g/mol. The quantitative estimate of drug-likeness (QED) is 0.279. The van der Waals surface area contributed by atoms with Crippen molar-refractivity contribution in [2.75, 3.05) is 10.6 Å². The number of benzene rings is 1. The number of aromatic nitrogens is 5. The maximum absolute atomic E-state index is 15.2. The first kappa shape index (κ1) is 21.9. The van der Waals surface area contributed by atoms with Crippen LogP contribution < -0.4 is 16.0 Å². The third kappa shape index (κ3) is 3.65. The number of anilines is 2. The Morgan fingerprint density at radius 3 is 2.74 bits per heavy atom. The van der Waals surface area contributed by atoms with E-state index in [4.69, 9.17) is 16.7 Å². The zero-order chi connectivity index (χ0) is 24.2. The van der Waals surface area contributed by atoms with Gasteiger partial charge in [-0.15, -0.1) is 0 Å². The van der Waals surface area contributed by atoms with Crippen LogP contribution >= 0.6 is 11.6 Å². The van der Waals surface area contributed by atoms with Crippen LogP contribution in [0.4, 0.5) is 20.7 Å². The Hall–Kier alpha value is -3.93. The lowest BCUT2D eigenvalue weighted by atomic mass is 10.1. The molecule has 2 amide bonds. The Morgan fingerprint density at radius 1 is 1.29 bits per heavy atom. The number of amides is 2. The smallest absolute Gasteiger partial charge is 0.405 e. The van der Waals surface area contributed by atoms with Crippen molar-refractivity contribution in [1.29, 1.82) is 0 Å². The number of halogens is 2.